The molecule has 0 aromatic carbocycles. The van der Waals surface area contributed by atoms with Gasteiger partial charge in [-0.15, -0.1) is 0 Å². The van der Waals surface area contributed by atoms with Crippen LogP contribution in [0.15, 0.2) is 12.3 Å². The number of amides is 1. The van der Waals surface area contributed by atoms with Crippen molar-refractivity contribution >= 4 is 5.91 Å². The molecule has 1 unspecified atom stereocenters. The van der Waals surface area contributed by atoms with Crippen molar-refractivity contribution in [2.45, 2.75) is 31.0 Å². The summed E-state index contributed by atoms with van der Waals surface area (Å²) in [5.41, 5.74) is -1.46. The maximum absolute atomic E-state index is 14.0. The van der Waals surface area contributed by atoms with Crippen molar-refractivity contribution in [3.8, 4) is 6.07 Å². The summed E-state index contributed by atoms with van der Waals surface area (Å²) >= 11 is 0. The molecule has 0 spiro atoms. The first-order valence-corrected chi connectivity index (χ1v) is 7.14. The Morgan fingerprint density at radius 2 is 2.29 bits per heavy atom. The van der Waals surface area contributed by atoms with Gasteiger partial charge in [0.05, 0.1) is 12.6 Å². The number of nitriles is 1. The molecule has 0 aliphatic carbocycles. The lowest BCUT2D eigenvalue weighted by Crippen LogP contribution is -2.35. The summed E-state index contributed by atoms with van der Waals surface area (Å²) in [6.45, 7) is 1.41. The summed E-state index contributed by atoms with van der Waals surface area (Å²) < 4.78 is 21.0. The van der Waals surface area contributed by atoms with Crippen molar-refractivity contribution in [3.05, 3.63) is 18.0 Å². The summed E-state index contributed by atoms with van der Waals surface area (Å²) in [6.07, 6.45) is 3.28. The highest BCUT2D eigenvalue weighted by Gasteiger charge is 2.41. The van der Waals surface area contributed by atoms with E-state index in [0.717, 1.165) is 12.8 Å². The van der Waals surface area contributed by atoms with E-state index in [1.165, 1.54) is 4.90 Å². The molecule has 112 valence electrons. The van der Waals surface area contributed by atoms with E-state index in [-0.39, 0.29) is 31.5 Å². The Kier molecular flexibility index (Phi) is 3.64. The quantitative estimate of drug-likeness (QED) is 0.824. The molecule has 1 atom stereocenters. The van der Waals surface area contributed by atoms with Gasteiger partial charge in [-0.25, -0.2) is 4.39 Å². The van der Waals surface area contributed by atoms with Crippen LogP contribution in [0.25, 0.3) is 0 Å². The number of alkyl halides is 1. The number of ether oxygens (including phenoxy) is 1. The number of hydrogen-bond acceptors (Lipinski definition) is 4. The van der Waals surface area contributed by atoms with Crippen LogP contribution in [0.5, 0.6) is 0 Å². The molecule has 7 heteroatoms. The van der Waals surface area contributed by atoms with Crippen molar-refractivity contribution in [2.75, 3.05) is 26.3 Å². The van der Waals surface area contributed by atoms with Crippen LogP contribution in [-0.2, 0) is 4.74 Å². The molecular weight excluding hydrogens is 275 g/mol. The molecule has 3 heterocycles. The predicted molar refractivity (Wildman–Crippen MR) is 71.3 cm³/mol. The lowest BCUT2D eigenvalue weighted by Gasteiger charge is -2.25. The average molecular weight is 292 g/mol. The van der Waals surface area contributed by atoms with Crippen LogP contribution >= 0.6 is 0 Å². The lowest BCUT2D eigenvalue weighted by molar-refractivity contribution is 0.0613. The third-order valence-corrected chi connectivity index (χ3v) is 4.13. The Bertz CT molecular complexity index is 576. The van der Waals surface area contributed by atoms with Gasteiger partial charge in [0, 0.05) is 32.4 Å². The normalized spacial score (nSPS) is 26.8. The number of carbonyl (C=O) groups excluding carboxylic acids is 1. The molecule has 2 saturated heterocycles. The summed E-state index contributed by atoms with van der Waals surface area (Å²) in [7, 11) is 0. The van der Waals surface area contributed by atoms with Gasteiger partial charge in [-0.3, -0.25) is 9.48 Å². The zero-order valence-electron chi connectivity index (χ0n) is 11.7. The van der Waals surface area contributed by atoms with E-state index in [1.807, 2.05) is 0 Å². The van der Waals surface area contributed by atoms with Gasteiger partial charge < -0.3 is 9.64 Å². The maximum atomic E-state index is 14.0. The lowest BCUT2D eigenvalue weighted by atomic mass is 10.1. The molecule has 0 N–H and O–H groups in total. The first kappa shape index (κ1) is 14.0. The molecule has 1 aromatic rings. The fraction of sp³-hybridized carbons (Fsp3) is 0.643. The molecule has 3 rings (SSSR count). The van der Waals surface area contributed by atoms with E-state index in [2.05, 4.69) is 5.10 Å². The zero-order chi connectivity index (χ0) is 14.9. The molecule has 0 bridgehead atoms. The van der Waals surface area contributed by atoms with Crippen LogP contribution in [0.4, 0.5) is 4.39 Å². The van der Waals surface area contributed by atoms with Gasteiger partial charge in [0.2, 0.25) is 5.67 Å². The molecule has 1 aromatic heterocycles. The van der Waals surface area contributed by atoms with Crippen molar-refractivity contribution in [1.82, 2.24) is 14.7 Å². The van der Waals surface area contributed by atoms with E-state index in [4.69, 9.17) is 10.00 Å². The summed E-state index contributed by atoms with van der Waals surface area (Å²) in [4.78, 5) is 13.9. The number of hydrogen-bond donors (Lipinski definition) is 0. The molecule has 6 nitrogen and oxygen atoms in total. The number of likely N-dealkylation sites (tertiary alicyclic amines) is 1. The summed E-state index contributed by atoms with van der Waals surface area (Å²) in [6, 6.07) is 3.44. The molecule has 2 aliphatic heterocycles. The minimum atomic E-state index is -1.92. The van der Waals surface area contributed by atoms with Crippen LogP contribution < -0.4 is 0 Å². The van der Waals surface area contributed by atoms with Crippen LogP contribution in [0, 0.1) is 11.3 Å². The first-order chi connectivity index (χ1) is 10.1. The van der Waals surface area contributed by atoms with Crippen molar-refractivity contribution in [3.63, 3.8) is 0 Å². The Morgan fingerprint density at radius 1 is 1.52 bits per heavy atom. The Hall–Kier alpha value is -1.94. The number of nitrogens with zero attached hydrogens (tertiary/aromatic N) is 4. The van der Waals surface area contributed by atoms with Gasteiger partial charge in [-0.1, -0.05) is 0 Å². The zero-order valence-corrected chi connectivity index (χ0v) is 11.7. The number of halogens is 1. The van der Waals surface area contributed by atoms with Gasteiger partial charge in [0.25, 0.3) is 5.91 Å². The second-order valence-electron chi connectivity index (χ2n) is 5.56. The monoisotopic (exact) mass is 292 g/mol. The highest BCUT2D eigenvalue weighted by Crippen LogP contribution is 2.27. The average Bonchev–Trinajstić information content (AvgIpc) is 3.15. The summed E-state index contributed by atoms with van der Waals surface area (Å²) in [5, 5.41) is 13.1. The number of rotatable bonds is 2. The fourth-order valence-electron chi connectivity index (χ4n) is 2.90. The molecule has 2 fully saturated rings. The fourth-order valence-corrected chi connectivity index (χ4v) is 2.90. The minimum Gasteiger partial charge on any atom is -0.381 e. The maximum Gasteiger partial charge on any atom is 0.272 e. The molecule has 2 aliphatic rings. The van der Waals surface area contributed by atoms with Crippen LogP contribution in [-0.4, -0.2) is 52.6 Å². The second-order valence-corrected chi connectivity index (χ2v) is 5.56. The van der Waals surface area contributed by atoms with Gasteiger partial charge in [-0.2, -0.15) is 10.4 Å². The summed E-state index contributed by atoms with van der Waals surface area (Å²) in [5.74, 6) is -0.256. The third-order valence-electron chi connectivity index (χ3n) is 4.13. The van der Waals surface area contributed by atoms with E-state index < -0.39 is 5.67 Å². The minimum absolute atomic E-state index is 0.0701. The number of aromatic nitrogens is 2. The van der Waals surface area contributed by atoms with Gasteiger partial charge >= 0.3 is 0 Å². The van der Waals surface area contributed by atoms with Crippen molar-refractivity contribution < 1.29 is 13.9 Å². The van der Waals surface area contributed by atoms with Gasteiger partial charge in [0.1, 0.15) is 11.8 Å². The Labute approximate surface area is 122 Å². The molecule has 21 heavy (non-hydrogen) atoms. The SMILES string of the molecule is N#CC1(F)CCN(C(=O)c2ccnn2C2CCOCC2)C1. The number of carbonyl (C=O) groups is 1. The topological polar surface area (TPSA) is 71.2 Å². The van der Waals surface area contributed by atoms with E-state index >= 15 is 0 Å². The third kappa shape index (κ3) is 2.63. The standard InChI is InChI=1S/C14H17FN4O2/c15-14(9-16)4-6-18(10-14)13(20)12-1-5-17-19(12)11-2-7-21-8-3-11/h1,5,11H,2-4,6-8,10H2. The largest absolute Gasteiger partial charge is 0.381 e. The first-order valence-electron chi connectivity index (χ1n) is 7.14. The van der Waals surface area contributed by atoms with Crippen molar-refractivity contribution in [1.29, 1.82) is 5.26 Å². The Balaban J connectivity index is 1.77. The molecule has 0 radical (unpaired) electrons. The van der Waals surface area contributed by atoms with E-state index in [9.17, 15) is 9.18 Å². The van der Waals surface area contributed by atoms with Gasteiger partial charge in [-0.05, 0) is 18.9 Å². The smallest absolute Gasteiger partial charge is 0.272 e. The van der Waals surface area contributed by atoms with Crippen LogP contribution in [0.3, 0.4) is 0 Å². The van der Waals surface area contributed by atoms with E-state index in [1.54, 1.807) is 23.0 Å². The predicted octanol–water partition coefficient (Wildman–Crippen LogP) is 1.31. The highest BCUT2D eigenvalue weighted by molar-refractivity contribution is 5.93. The van der Waals surface area contributed by atoms with Crippen LogP contribution in [0.1, 0.15) is 35.8 Å². The molecule has 1 amide bonds. The Morgan fingerprint density at radius 3 is 2.95 bits per heavy atom. The second kappa shape index (κ2) is 5.45. The highest BCUT2D eigenvalue weighted by atomic mass is 19.1. The molecular formula is C14H17FN4O2. The van der Waals surface area contributed by atoms with Crippen LogP contribution in [0.2, 0.25) is 0 Å². The van der Waals surface area contributed by atoms with Gasteiger partial charge in [0.15, 0.2) is 0 Å². The van der Waals surface area contributed by atoms with E-state index in [0.29, 0.717) is 18.9 Å². The molecule has 0 saturated carbocycles. The van der Waals surface area contributed by atoms with Crippen molar-refractivity contribution in [2.24, 2.45) is 0 Å².